The van der Waals surface area contributed by atoms with E-state index in [1.165, 1.54) is 11.5 Å². The molecule has 7 nitrogen and oxygen atoms in total. The van der Waals surface area contributed by atoms with Crippen LogP contribution in [-0.4, -0.2) is 61.0 Å². The van der Waals surface area contributed by atoms with Crippen LogP contribution in [0.5, 0.6) is 0 Å². The van der Waals surface area contributed by atoms with Crippen LogP contribution < -0.4 is 4.90 Å². The number of sulfonamides is 1. The van der Waals surface area contributed by atoms with Gasteiger partial charge in [-0.2, -0.15) is 8.68 Å². The normalized spacial score (nSPS) is 24.4. The lowest BCUT2D eigenvalue weighted by Gasteiger charge is -2.30. The molecule has 0 N–H and O–H groups in total. The molecular formula is C17H22N4O3S2. The molecule has 2 aliphatic heterocycles. The first-order chi connectivity index (χ1) is 12.5. The molecular weight excluding hydrogens is 372 g/mol. The summed E-state index contributed by atoms with van der Waals surface area (Å²) in [6, 6.07) is 9.14. The summed E-state index contributed by atoms with van der Waals surface area (Å²) < 4.78 is 37.9. The monoisotopic (exact) mass is 394 g/mol. The van der Waals surface area contributed by atoms with E-state index in [9.17, 15) is 8.42 Å². The molecule has 9 heteroatoms. The third-order valence-corrected chi connectivity index (χ3v) is 7.48. The van der Waals surface area contributed by atoms with E-state index in [0.29, 0.717) is 26.3 Å². The largest absolute Gasteiger partial charge is 0.379 e. The summed E-state index contributed by atoms with van der Waals surface area (Å²) in [6.07, 6.45) is 0. The van der Waals surface area contributed by atoms with Gasteiger partial charge in [-0.1, -0.05) is 30.3 Å². The maximum atomic E-state index is 13.1. The maximum absolute atomic E-state index is 13.1. The Morgan fingerprint density at radius 1 is 1.19 bits per heavy atom. The summed E-state index contributed by atoms with van der Waals surface area (Å²) >= 11 is 1.37. The first-order valence-electron chi connectivity index (χ1n) is 8.68. The molecule has 0 unspecified atom stereocenters. The van der Waals surface area contributed by atoms with Gasteiger partial charge in [-0.3, -0.25) is 0 Å². The number of aromatic nitrogens is 2. The van der Waals surface area contributed by atoms with Crippen LogP contribution >= 0.6 is 11.5 Å². The van der Waals surface area contributed by atoms with Crippen molar-refractivity contribution in [3.8, 4) is 0 Å². The van der Waals surface area contributed by atoms with Crippen molar-refractivity contribution in [3.05, 3.63) is 41.7 Å². The molecule has 1 aromatic carbocycles. The topological polar surface area (TPSA) is 75.6 Å². The van der Waals surface area contributed by atoms with E-state index in [2.05, 4.69) is 14.3 Å². The summed E-state index contributed by atoms with van der Waals surface area (Å²) in [5, 5.41) is 0.863. The van der Waals surface area contributed by atoms with Gasteiger partial charge in [0.1, 0.15) is 5.82 Å². The second kappa shape index (κ2) is 7.22. The minimum atomic E-state index is -3.42. The fourth-order valence-electron chi connectivity index (χ4n) is 3.58. The zero-order valence-electron chi connectivity index (χ0n) is 14.6. The number of rotatable bonds is 4. The van der Waals surface area contributed by atoms with E-state index >= 15 is 0 Å². The fourth-order valence-corrected chi connectivity index (χ4v) is 6.08. The van der Waals surface area contributed by atoms with Crippen LogP contribution in [0.15, 0.2) is 30.3 Å². The highest BCUT2D eigenvalue weighted by atomic mass is 32.2. The molecule has 0 spiro atoms. The molecule has 26 heavy (non-hydrogen) atoms. The van der Waals surface area contributed by atoms with Crippen molar-refractivity contribution in [2.45, 2.75) is 18.7 Å². The van der Waals surface area contributed by atoms with Gasteiger partial charge in [0.05, 0.1) is 25.0 Å². The van der Waals surface area contributed by atoms with Crippen molar-refractivity contribution in [2.75, 3.05) is 37.7 Å². The highest BCUT2D eigenvalue weighted by molar-refractivity contribution is 7.88. The Morgan fingerprint density at radius 2 is 2.00 bits per heavy atom. The van der Waals surface area contributed by atoms with Crippen LogP contribution in [0.2, 0.25) is 0 Å². The van der Waals surface area contributed by atoms with Crippen molar-refractivity contribution in [2.24, 2.45) is 5.92 Å². The average molecular weight is 395 g/mol. The van der Waals surface area contributed by atoms with Gasteiger partial charge in [0, 0.05) is 37.1 Å². The zero-order valence-corrected chi connectivity index (χ0v) is 16.2. The molecule has 2 bridgehead atoms. The SMILES string of the molecule is Cc1nsc(N2C[C@@H]3COC[C@H](C2)N(S(=O)(=O)Cc2ccccc2)C3)n1. The summed E-state index contributed by atoms with van der Waals surface area (Å²) in [6.45, 7) is 4.68. The molecule has 1 aromatic heterocycles. The van der Waals surface area contributed by atoms with Crippen molar-refractivity contribution < 1.29 is 13.2 Å². The molecule has 2 fully saturated rings. The predicted octanol–water partition coefficient (Wildman–Crippen LogP) is 1.51. The molecule has 0 aliphatic carbocycles. The molecule has 3 heterocycles. The summed E-state index contributed by atoms with van der Waals surface area (Å²) in [7, 11) is -3.42. The molecule has 140 valence electrons. The van der Waals surface area contributed by atoms with Gasteiger partial charge in [-0.15, -0.1) is 0 Å². The zero-order chi connectivity index (χ0) is 18.1. The lowest BCUT2D eigenvalue weighted by Crippen LogP contribution is -2.47. The molecule has 2 atom stereocenters. The van der Waals surface area contributed by atoms with Crippen molar-refractivity contribution >= 4 is 26.7 Å². The molecule has 0 amide bonds. The highest BCUT2D eigenvalue weighted by Gasteiger charge is 2.40. The average Bonchev–Trinajstić information content (AvgIpc) is 2.81. The number of anilines is 1. The van der Waals surface area contributed by atoms with E-state index in [0.717, 1.165) is 23.1 Å². The minimum absolute atomic E-state index is 0.0228. The Hall–Kier alpha value is -1.55. The first-order valence-corrected chi connectivity index (χ1v) is 11.1. The van der Waals surface area contributed by atoms with Crippen LogP contribution in [0, 0.1) is 12.8 Å². The van der Waals surface area contributed by atoms with Gasteiger partial charge < -0.3 is 9.64 Å². The molecule has 4 rings (SSSR count). The molecule has 2 aromatic rings. The standard InChI is InChI=1S/C17H22N4O3S2/c1-13-18-17(25-19-13)20-7-15-8-21(16(9-20)11-24-10-15)26(22,23)12-14-5-3-2-4-6-14/h2-6,15-16H,7-12H2,1H3/t15-,16-/m0/s1. The lowest BCUT2D eigenvalue weighted by molar-refractivity contribution is 0.0980. The molecule has 0 saturated carbocycles. The molecule has 2 aliphatic rings. The van der Waals surface area contributed by atoms with E-state index in [4.69, 9.17) is 4.74 Å². The Kier molecular flexibility index (Phi) is 4.96. The Balaban J connectivity index is 1.59. The van der Waals surface area contributed by atoms with Crippen LogP contribution in [0.25, 0.3) is 0 Å². The fraction of sp³-hybridized carbons (Fsp3) is 0.529. The van der Waals surface area contributed by atoms with Crippen molar-refractivity contribution in [1.29, 1.82) is 0 Å². The van der Waals surface area contributed by atoms with Crippen LogP contribution in [0.4, 0.5) is 5.13 Å². The van der Waals surface area contributed by atoms with Gasteiger partial charge >= 0.3 is 0 Å². The van der Waals surface area contributed by atoms with Crippen LogP contribution in [0.1, 0.15) is 11.4 Å². The quantitative estimate of drug-likeness (QED) is 0.783. The number of fused-ring (bicyclic) bond motifs is 3. The Bertz CT molecular complexity index is 856. The van der Waals surface area contributed by atoms with Crippen molar-refractivity contribution in [1.82, 2.24) is 13.7 Å². The second-order valence-electron chi connectivity index (χ2n) is 6.90. The summed E-state index contributed by atoms with van der Waals surface area (Å²) in [5.41, 5.74) is 0.809. The van der Waals surface area contributed by atoms with Crippen LogP contribution in [0.3, 0.4) is 0 Å². The lowest BCUT2D eigenvalue weighted by atomic mass is 10.1. The van der Waals surface area contributed by atoms with E-state index in [-0.39, 0.29) is 17.7 Å². The first kappa shape index (κ1) is 17.8. The second-order valence-corrected chi connectivity index (χ2v) is 9.55. The minimum Gasteiger partial charge on any atom is -0.379 e. The highest BCUT2D eigenvalue weighted by Crippen LogP contribution is 2.28. The van der Waals surface area contributed by atoms with Crippen molar-refractivity contribution in [3.63, 3.8) is 0 Å². The number of aryl methyl sites for hydroxylation is 1. The van der Waals surface area contributed by atoms with Gasteiger partial charge in [0.25, 0.3) is 0 Å². The summed E-state index contributed by atoms with van der Waals surface area (Å²) in [5.74, 6) is 0.899. The predicted molar refractivity (Wildman–Crippen MR) is 101 cm³/mol. The number of nitrogens with zero attached hydrogens (tertiary/aromatic N) is 4. The van der Waals surface area contributed by atoms with Gasteiger partial charge in [-0.25, -0.2) is 13.4 Å². The third-order valence-electron chi connectivity index (χ3n) is 4.76. The molecule has 0 radical (unpaired) electrons. The number of hydrogen-bond acceptors (Lipinski definition) is 7. The van der Waals surface area contributed by atoms with Gasteiger partial charge in [0.15, 0.2) is 0 Å². The number of ether oxygens (including phenoxy) is 1. The number of hydrogen-bond donors (Lipinski definition) is 0. The van der Waals surface area contributed by atoms with E-state index in [1.807, 2.05) is 37.3 Å². The number of benzene rings is 1. The maximum Gasteiger partial charge on any atom is 0.218 e. The smallest absolute Gasteiger partial charge is 0.218 e. The Morgan fingerprint density at radius 3 is 2.73 bits per heavy atom. The Labute approximate surface area is 157 Å². The van der Waals surface area contributed by atoms with Gasteiger partial charge in [-0.05, 0) is 12.5 Å². The molecule has 2 saturated heterocycles. The van der Waals surface area contributed by atoms with Crippen LogP contribution in [-0.2, 0) is 20.5 Å². The van der Waals surface area contributed by atoms with E-state index in [1.54, 1.807) is 4.31 Å². The summed E-state index contributed by atoms with van der Waals surface area (Å²) in [4.78, 5) is 6.65. The van der Waals surface area contributed by atoms with Gasteiger partial charge in [0.2, 0.25) is 15.2 Å². The van der Waals surface area contributed by atoms with E-state index < -0.39 is 10.0 Å². The third kappa shape index (κ3) is 3.75.